The predicted molar refractivity (Wildman–Crippen MR) is 82.0 cm³/mol. The Morgan fingerprint density at radius 2 is 1.76 bits per heavy atom. The highest BCUT2D eigenvalue weighted by atomic mass is 16.6. The monoisotopic (exact) mass is 298 g/mol. The van der Waals surface area contributed by atoms with Crippen LogP contribution in [-0.2, 0) is 14.3 Å². The predicted octanol–water partition coefficient (Wildman–Crippen LogP) is 4.17. The van der Waals surface area contributed by atoms with E-state index in [4.69, 9.17) is 9.84 Å². The van der Waals surface area contributed by atoms with Crippen LogP contribution in [0.3, 0.4) is 0 Å². The minimum atomic E-state index is -0.950. The number of rotatable bonds is 9. The van der Waals surface area contributed by atoms with E-state index in [2.05, 4.69) is 20.8 Å². The highest BCUT2D eigenvalue weighted by Crippen LogP contribution is 2.41. The fourth-order valence-electron chi connectivity index (χ4n) is 3.50. The lowest BCUT2D eigenvalue weighted by molar-refractivity contribution is -0.168. The molecule has 0 saturated heterocycles. The molecule has 0 aliphatic heterocycles. The van der Waals surface area contributed by atoms with Gasteiger partial charge >= 0.3 is 11.9 Å². The molecule has 122 valence electrons. The number of esters is 1. The van der Waals surface area contributed by atoms with Crippen molar-refractivity contribution in [2.45, 2.75) is 84.2 Å². The van der Waals surface area contributed by atoms with E-state index in [1.165, 1.54) is 12.8 Å². The van der Waals surface area contributed by atoms with Crippen LogP contribution in [0, 0.1) is 11.8 Å². The summed E-state index contributed by atoms with van der Waals surface area (Å²) in [6.07, 6.45) is 7.53. The molecule has 1 saturated carbocycles. The molecule has 1 aliphatic rings. The van der Waals surface area contributed by atoms with E-state index in [-0.39, 0.29) is 18.8 Å². The lowest BCUT2D eigenvalue weighted by atomic mass is 9.78. The van der Waals surface area contributed by atoms with Gasteiger partial charge in [-0.25, -0.2) is 0 Å². The molecule has 1 atom stereocenters. The molecule has 0 amide bonds. The fraction of sp³-hybridized carbons (Fsp3) is 0.882. The Labute approximate surface area is 128 Å². The van der Waals surface area contributed by atoms with Crippen LogP contribution >= 0.6 is 0 Å². The summed E-state index contributed by atoms with van der Waals surface area (Å²) in [5.41, 5.74) is -0.428. The third-order valence-corrected chi connectivity index (χ3v) is 4.96. The molecule has 21 heavy (non-hydrogen) atoms. The van der Waals surface area contributed by atoms with Crippen molar-refractivity contribution in [3.63, 3.8) is 0 Å². The maximum atomic E-state index is 12.0. The summed E-state index contributed by atoms with van der Waals surface area (Å²) in [7, 11) is 0. The number of carboxylic acid groups (broad SMARTS) is 1. The number of ether oxygens (including phenoxy) is 1. The maximum absolute atomic E-state index is 12.0. The third-order valence-electron chi connectivity index (χ3n) is 4.96. The van der Waals surface area contributed by atoms with Crippen molar-refractivity contribution in [2.24, 2.45) is 11.8 Å². The van der Waals surface area contributed by atoms with Gasteiger partial charge in [0.2, 0.25) is 0 Å². The summed E-state index contributed by atoms with van der Waals surface area (Å²) in [6.45, 7) is 6.41. The summed E-state index contributed by atoms with van der Waals surface area (Å²) in [5, 5.41) is 8.69. The minimum Gasteiger partial charge on any atom is -0.481 e. The fourth-order valence-corrected chi connectivity index (χ4v) is 3.50. The molecular formula is C17H30O4. The molecule has 0 radical (unpaired) electrons. The van der Waals surface area contributed by atoms with Crippen molar-refractivity contribution in [1.82, 2.24) is 0 Å². The van der Waals surface area contributed by atoms with Crippen LogP contribution in [0.4, 0.5) is 0 Å². The van der Waals surface area contributed by atoms with Gasteiger partial charge in [-0.15, -0.1) is 0 Å². The average molecular weight is 298 g/mol. The molecule has 0 heterocycles. The number of aliphatic carboxylic acids is 1. The summed E-state index contributed by atoms with van der Waals surface area (Å²) in [5.74, 6) is -0.331. The maximum Gasteiger partial charge on any atom is 0.306 e. The standard InChI is InChI=1S/C17H30O4/c1-4-13(5-2)12-17(3,14-8-6-7-9-14)21-16(20)11-10-15(18)19/h13-14H,4-12H2,1-3H3,(H,18,19). The van der Waals surface area contributed by atoms with E-state index in [9.17, 15) is 9.59 Å². The van der Waals surface area contributed by atoms with Gasteiger partial charge in [-0.1, -0.05) is 39.5 Å². The summed E-state index contributed by atoms with van der Waals surface area (Å²) >= 11 is 0. The first kappa shape index (κ1) is 18.0. The van der Waals surface area contributed by atoms with Crippen LogP contribution in [0.25, 0.3) is 0 Å². The highest BCUT2D eigenvalue weighted by molar-refractivity contribution is 5.76. The lowest BCUT2D eigenvalue weighted by Gasteiger charge is -2.38. The Hall–Kier alpha value is -1.06. The SMILES string of the molecule is CCC(CC)CC(C)(OC(=O)CCC(=O)O)C1CCCC1. The Balaban J connectivity index is 2.70. The van der Waals surface area contributed by atoms with E-state index in [1.807, 2.05) is 0 Å². The Morgan fingerprint density at radius 3 is 2.24 bits per heavy atom. The topological polar surface area (TPSA) is 63.6 Å². The van der Waals surface area contributed by atoms with Gasteiger partial charge in [-0.3, -0.25) is 9.59 Å². The van der Waals surface area contributed by atoms with E-state index < -0.39 is 11.6 Å². The van der Waals surface area contributed by atoms with Gasteiger partial charge in [0.05, 0.1) is 12.8 Å². The van der Waals surface area contributed by atoms with E-state index >= 15 is 0 Å². The van der Waals surface area contributed by atoms with Gasteiger partial charge in [0.1, 0.15) is 5.60 Å². The molecule has 1 fully saturated rings. The zero-order valence-electron chi connectivity index (χ0n) is 13.7. The van der Waals surface area contributed by atoms with Gasteiger partial charge in [0.25, 0.3) is 0 Å². The molecular weight excluding hydrogens is 268 g/mol. The minimum absolute atomic E-state index is 0.0272. The molecule has 4 heteroatoms. The van der Waals surface area contributed by atoms with Crippen molar-refractivity contribution in [2.75, 3.05) is 0 Å². The molecule has 0 aromatic heterocycles. The Morgan fingerprint density at radius 1 is 1.19 bits per heavy atom. The van der Waals surface area contributed by atoms with E-state index in [0.717, 1.165) is 32.1 Å². The lowest BCUT2D eigenvalue weighted by Crippen LogP contribution is -2.40. The normalized spacial score (nSPS) is 18.7. The number of carbonyl (C=O) groups is 2. The summed E-state index contributed by atoms with van der Waals surface area (Å²) in [4.78, 5) is 22.6. The smallest absolute Gasteiger partial charge is 0.306 e. The molecule has 0 aromatic rings. The quantitative estimate of drug-likeness (QED) is 0.649. The van der Waals surface area contributed by atoms with Crippen LogP contribution in [0.5, 0.6) is 0 Å². The van der Waals surface area contributed by atoms with E-state index in [1.54, 1.807) is 0 Å². The largest absolute Gasteiger partial charge is 0.481 e. The van der Waals surface area contributed by atoms with Crippen LogP contribution in [0.1, 0.15) is 78.6 Å². The third kappa shape index (κ3) is 5.68. The van der Waals surface area contributed by atoms with Gasteiger partial charge in [-0.05, 0) is 38.0 Å². The second kappa shape index (κ2) is 8.40. The number of carbonyl (C=O) groups excluding carboxylic acids is 1. The zero-order chi connectivity index (χ0) is 15.9. The van der Waals surface area contributed by atoms with Gasteiger partial charge in [0, 0.05) is 0 Å². The van der Waals surface area contributed by atoms with Crippen LogP contribution in [-0.4, -0.2) is 22.6 Å². The Kier molecular flexibility index (Phi) is 7.20. The molecule has 0 aromatic carbocycles. The number of carboxylic acids is 1. The Bertz CT molecular complexity index is 343. The first-order valence-electron chi connectivity index (χ1n) is 8.34. The molecule has 1 N–H and O–H groups in total. The van der Waals surface area contributed by atoms with Crippen molar-refractivity contribution in [3.05, 3.63) is 0 Å². The van der Waals surface area contributed by atoms with Gasteiger partial charge < -0.3 is 9.84 Å². The van der Waals surface area contributed by atoms with Crippen molar-refractivity contribution in [1.29, 1.82) is 0 Å². The first-order chi connectivity index (χ1) is 9.91. The first-order valence-corrected chi connectivity index (χ1v) is 8.34. The zero-order valence-corrected chi connectivity index (χ0v) is 13.7. The summed E-state index contributed by atoms with van der Waals surface area (Å²) in [6, 6.07) is 0. The average Bonchev–Trinajstić information content (AvgIpc) is 2.97. The van der Waals surface area contributed by atoms with Crippen molar-refractivity contribution >= 4 is 11.9 Å². The van der Waals surface area contributed by atoms with Crippen molar-refractivity contribution in [3.8, 4) is 0 Å². The molecule has 0 bridgehead atoms. The molecule has 1 aliphatic carbocycles. The van der Waals surface area contributed by atoms with Crippen LogP contribution < -0.4 is 0 Å². The second-order valence-corrected chi connectivity index (χ2v) is 6.55. The van der Waals surface area contributed by atoms with E-state index in [0.29, 0.717) is 11.8 Å². The number of hydrogen-bond acceptors (Lipinski definition) is 3. The molecule has 0 spiro atoms. The molecule has 1 unspecified atom stereocenters. The van der Waals surface area contributed by atoms with Crippen molar-refractivity contribution < 1.29 is 19.4 Å². The second-order valence-electron chi connectivity index (χ2n) is 6.55. The van der Waals surface area contributed by atoms with Gasteiger partial charge in [-0.2, -0.15) is 0 Å². The molecule has 1 rings (SSSR count). The van der Waals surface area contributed by atoms with Crippen LogP contribution in [0.15, 0.2) is 0 Å². The highest BCUT2D eigenvalue weighted by Gasteiger charge is 2.40. The molecule has 4 nitrogen and oxygen atoms in total. The van der Waals surface area contributed by atoms with Crippen LogP contribution in [0.2, 0.25) is 0 Å². The number of hydrogen-bond donors (Lipinski definition) is 1. The summed E-state index contributed by atoms with van der Waals surface area (Å²) < 4.78 is 5.80. The van der Waals surface area contributed by atoms with Gasteiger partial charge in [0.15, 0.2) is 0 Å².